The smallest absolute Gasteiger partial charge is 0.235 e. The zero-order valence-corrected chi connectivity index (χ0v) is 10.6. The summed E-state index contributed by atoms with van der Waals surface area (Å²) in [6.45, 7) is 6.18. The molecule has 96 valence electrons. The summed E-state index contributed by atoms with van der Waals surface area (Å²) in [5, 5.41) is 0. The van der Waals surface area contributed by atoms with Crippen LogP contribution in [0, 0.1) is 0 Å². The van der Waals surface area contributed by atoms with E-state index < -0.39 is 11.9 Å². The van der Waals surface area contributed by atoms with Gasteiger partial charge in [0.2, 0.25) is 5.91 Å². The van der Waals surface area contributed by atoms with Crippen molar-refractivity contribution in [3.05, 3.63) is 0 Å². The molecule has 5 nitrogen and oxygen atoms in total. The zero-order valence-electron chi connectivity index (χ0n) is 10.6. The predicted octanol–water partition coefficient (Wildman–Crippen LogP) is -0.0640. The zero-order chi connectivity index (χ0) is 12.6. The second kappa shape index (κ2) is 8.50. The summed E-state index contributed by atoms with van der Waals surface area (Å²) in [6.07, 6.45) is 2.07. The fraction of sp³-hybridized carbons (Fsp3) is 0.909. The lowest BCUT2D eigenvalue weighted by Gasteiger charge is -2.31. The number of nitrogens with two attached hydrogens (primary N) is 2. The molecule has 0 radical (unpaired) electrons. The Morgan fingerprint density at radius 2 is 1.94 bits per heavy atom. The van der Waals surface area contributed by atoms with Gasteiger partial charge in [-0.15, -0.1) is 0 Å². The summed E-state index contributed by atoms with van der Waals surface area (Å²) in [4.78, 5) is 13.1. The minimum atomic E-state index is -0.600. The van der Waals surface area contributed by atoms with Crippen LogP contribution in [0.25, 0.3) is 0 Å². The molecule has 5 heteroatoms. The fourth-order valence-corrected chi connectivity index (χ4v) is 1.78. The molecule has 0 bridgehead atoms. The van der Waals surface area contributed by atoms with Crippen LogP contribution in [0.3, 0.4) is 0 Å². The summed E-state index contributed by atoms with van der Waals surface area (Å²) in [6, 6.07) is -0.169. The summed E-state index contributed by atoms with van der Waals surface area (Å²) in [7, 11) is 1.67. The van der Waals surface area contributed by atoms with Gasteiger partial charge in [-0.25, -0.2) is 0 Å². The largest absolute Gasteiger partial charge is 0.383 e. The maximum absolute atomic E-state index is 10.9. The van der Waals surface area contributed by atoms with Crippen molar-refractivity contribution in [3.8, 4) is 0 Å². The number of hydrogen-bond donors (Lipinski definition) is 2. The molecule has 0 aromatic carbocycles. The molecule has 16 heavy (non-hydrogen) atoms. The number of rotatable bonds is 9. The van der Waals surface area contributed by atoms with Crippen LogP contribution in [-0.2, 0) is 9.53 Å². The highest BCUT2D eigenvalue weighted by Gasteiger charge is 2.20. The molecule has 1 atom stereocenters. The highest BCUT2D eigenvalue weighted by Crippen LogP contribution is 2.08. The topological polar surface area (TPSA) is 81.6 Å². The van der Waals surface area contributed by atoms with Gasteiger partial charge in [0.25, 0.3) is 0 Å². The highest BCUT2D eigenvalue weighted by molar-refractivity contribution is 5.79. The molecule has 0 rings (SSSR count). The summed E-state index contributed by atoms with van der Waals surface area (Å²) < 4.78 is 5.05. The first-order valence-electron chi connectivity index (χ1n) is 5.84. The van der Waals surface area contributed by atoms with Crippen molar-refractivity contribution in [2.45, 2.75) is 38.8 Å². The van der Waals surface area contributed by atoms with E-state index in [-0.39, 0.29) is 0 Å². The fourth-order valence-electron chi connectivity index (χ4n) is 1.78. The number of carbonyl (C=O) groups is 1. The van der Waals surface area contributed by atoms with Gasteiger partial charge in [0, 0.05) is 26.2 Å². The lowest BCUT2D eigenvalue weighted by Crippen LogP contribution is -2.49. The Hall–Kier alpha value is -0.650. The van der Waals surface area contributed by atoms with Gasteiger partial charge in [0.05, 0.1) is 12.6 Å². The van der Waals surface area contributed by atoms with Crippen molar-refractivity contribution in [3.63, 3.8) is 0 Å². The van der Waals surface area contributed by atoms with E-state index in [4.69, 9.17) is 16.2 Å². The minimum Gasteiger partial charge on any atom is -0.383 e. The van der Waals surface area contributed by atoms with Gasteiger partial charge in [0.15, 0.2) is 0 Å². The first kappa shape index (κ1) is 15.3. The van der Waals surface area contributed by atoms with Crippen molar-refractivity contribution in [2.24, 2.45) is 11.5 Å². The van der Waals surface area contributed by atoms with E-state index in [1.165, 1.54) is 0 Å². The van der Waals surface area contributed by atoms with E-state index in [1.807, 2.05) is 0 Å². The summed E-state index contributed by atoms with van der Waals surface area (Å²) in [5.74, 6) is -0.451. The number of nitrogens with zero attached hydrogens (tertiary/aromatic N) is 1. The molecule has 1 amide bonds. The van der Waals surface area contributed by atoms with Gasteiger partial charge >= 0.3 is 0 Å². The van der Waals surface area contributed by atoms with Gasteiger partial charge in [-0.1, -0.05) is 13.8 Å². The molecule has 0 aromatic heterocycles. The third kappa shape index (κ3) is 5.44. The Morgan fingerprint density at radius 3 is 2.31 bits per heavy atom. The number of primary amides is 1. The van der Waals surface area contributed by atoms with Crippen LogP contribution in [-0.4, -0.2) is 49.7 Å². The Kier molecular flexibility index (Phi) is 8.15. The lowest BCUT2D eigenvalue weighted by molar-refractivity contribution is -0.119. The molecule has 0 fully saturated rings. The van der Waals surface area contributed by atoms with Gasteiger partial charge in [-0.3, -0.25) is 9.69 Å². The second-order valence-corrected chi connectivity index (χ2v) is 3.97. The van der Waals surface area contributed by atoms with E-state index in [1.54, 1.807) is 7.11 Å². The predicted molar refractivity (Wildman–Crippen MR) is 65.0 cm³/mol. The molecular formula is C11H25N3O2. The number of ether oxygens (including phenoxy) is 1. The van der Waals surface area contributed by atoms with Crippen molar-refractivity contribution in [2.75, 3.05) is 26.8 Å². The van der Waals surface area contributed by atoms with Gasteiger partial charge in [-0.2, -0.15) is 0 Å². The van der Waals surface area contributed by atoms with Crippen molar-refractivity contribution in [1.29, 1.82) is 0 Å². The molecular weight excluding hydrogens is 206 g/mol. The third-order valence-electron chi connectivity index (χ3n) is 2.84. The lowest BCUT2D eigenvalue weighted by atomic mass is 10.1. The maximum atomic E-state index is 10.9. The van der Waals surface area contributed by atoms with Crippen LogP contribution >= 0.6 is 0 Å². The maximum Gasteiger partial charge on any atom is 0.235 e. The molecule has 0 saturated heterocycles. The number of methoxy groups -OCH3 is 1. The standard InChI is InChI=1S/C11H25N3O2/c1-4-9(5-2)14(6-7-16-3)8-10(12)11(13)15/h9-10H,4-8,12H2,1-3H3,(H2,13,15). The minimum absolute atomic E-state index is 0.431. The second-order valence-electron chi connectivity index (χ2n) is 3.97. The van der Waals surface area contributed by atoms with Crippen LogP contribution in [0.2, 0.25) is 0 Å². The van der Waals surface area contributed by atoms with E-state index in [2.05, 4.69) is 18.7 Å². The average molecular weight is 231 g/mol. The van der Waals surface area contributed by atoms with Gasteiger partial charge in [0.1, 0.15) is 0 Å². The Balaban J connectivity index is 4.34. The molecule has 0 saturated carbocycles. The Labute approximate surface area is 98.1 Å². The molecule has 4 N–H and O–H groups in total. The molecule has 0 spiro atoms. The van der Waals surface area contributed by atoms with Crippen LogP contribution in [0.15, 0.2) is 0 Å². The van der Waals surface area contributed by atoms with Crippen LogP contribution in [0.5, 0.6) is 0 Å². The first-order chi connectivity index (χ1) is 7.56. The van der Waals surface area contributed by atoms with Crippen LogP contribution in [0.1, 0.15) is 26.7 Å². The van der Waals surface area contributed by atoms with Crippen LogP contribution in [0.4, 0.5) is 0 Å². The monoisotopic (exact) mass is 231 g/mol. The summed E-state index contributed by atoms with van der Waals surface area (Å²) in [5.41, 5.74) is 10.9. The number of hydrogen-bond acceptors (Lipinski definition) is 4. The molecule has 0 aliphatic carbocycles. The molecule has 0 heterocycles. The van der Waals surface area contributed by atoms with E-state index >= 15 is 0 Å². The number of amides is 1. The molecule has 0 aliphatic rings. The van der Waals surface area contributed by atoms with Gasteiger partial charge in [-0.05, 0) is 12.8 Å². The van der Waals surface area contributed by atoms with Gasteiger partial charge < -0.3 is 16.2 Å². The van der Waals surface area contributed by atoms with Crippen molar-refractivity contribution in [1.82, 2.24) is 4.90 Å². The van der Waals surface area contributed by atoms with Crippen molar-refractivity contribution < 1.29 is 9.53 Å². The van der Waals surface area contributed by atoms with E-state index in [0.29, 0.717) is 19.2 Å². The Bertz CT molecular complexity index is 196. The first-order valence-corrected chi connectivity index (χ1v) is 5.84. The molecule has 0 aromatic rings. The van der Waals surface area contributed by atoms with E-state index in [0.717, 1.165) is 19.4 Å². The molecule has 0 aliphatic heterocycles. The van der Waals surface area contributed by atoms with E-state index in [9.17, 15) is 4.79 Å². The third-order valence-corrected chi connectivity index (χ3v) is 2.84. The Morgan fingerprint density at radius 1 is 1.38 bits per heavy atom. The van der Waals surface area contributed by atoms with Crippen molar-refractivity contribution >= 4 is 5.91 Å². The normalized spacial score (nSPS) is 13.4. The molecule has 1 unspecified atom stereocenters. The number of carbonyl (C=O) groups excluding carboxylic acids is 1. The van der Waals surface area contributed by atoms with Crippen LogP contribution < -0.4 is 11.5 Å². The average Bonchev–Trinajstić information content (AvgIpc) is 2.26. The highest BCUT2D eigenvalue weighted by atomic mass is 16.5. The quantitative estimate of drug-likeness (QED) is 0.582. The summed E-state index contributed by atoms with van der Waals surface area (Å²) >= 11 is 0. The SMILES string of the molecule is CCC(CC)N(CCOC)CC(N)C(N)=O.